The number of amides is 1. The lowest BCUT2D eigenvalue weighted by Crippen LogP contribution is -2.18. The van der Waals surface area contributed by atoms with Gasteiger partial charge in [0.05, 0.1) is 11.4 Å². The Kier molecular flexibility index (Phi) is 4.51. The molecule has 3 N–H and O–H groups in total. The van der Waals surface area contributed by atoms with Crippen LogP contribution in [0.2, 0.25) is 0 Å². The van der Waals surface area contributed by atoms with E-state index in [-0.39, 0.29) is 0 Å². The summed E-state index contributed by atoms with van der Waals surface area (Å²) >= 11 is 0. The van der Waals surface area contributed by atoms with Crippen molar-refractivity contribution in [3.63, 3.8) is 0 Å². The zero-order valence-corrected chi connectivity index (χ0v) is 14.4. The fourth-order valence-electron chi connectivity index (χ4n) is 2.97. The number of rotatable bonds is 4. The Hall–Kier alpha value is -3.70. The minimum Gasteiger partial charge on any atom is -0.337 e. The lowest BCUT2D eigenvalue weighted by Gasteiger charge is -2.02. The minimum absolute atomic E-state index is 0.374. The van der Waals surface area contributed by atoms with Crippen LogP contribution < -0.4 is 5.48 Å². The summed E-state index contributed by atoms with van der Waals surface area (Å²) in [6, 6.07) is 26.9. The van der Waals surface area contributed by atoms with Crippen molar-refractivity contribution in [3.05, 3.63) is 90.5 Å². The largest absolute Gasteiger partial charge is 0.337 e. The van der Waals surface area contributed by atoms with Gasteiger partial charge in [-0.15, -0.1) is 0 Å². The molecule has 1 heterocycles. The van der Waals surface area contributed by atoms with Gasteiger partial charge in [0.25, 0.3) is 5.91 Å². The molecule has 1 aromatic heterocycles. The standard InChI is InChI=1S/C22H17N3O2/c26-22(25-27)18-13-11-17(12-14-18)21-23-19(15-7-3-1-4-8-15)20(24-21)16-9-5-2-6-10-16/h1-14,27H,(H,23,24)(H,25,26). The van der Waals surface area contributed by atoms with Crippen molar-refractivity contribution in [2.45, 2.75) is 0 Å². The minimum atomic E-state index is -0.545. The first kappa shape index (κ1) is 16.8. The maximum atomic E-state index is 11.5. The summed E-state index contributed by atoms with van der Waals surface area (Å²) in [7, 11) is 0. The summed E-state index contributed by atoms with van der Waals surface area (Å²) in [4.78, 5) is 19.7. The predicted octanol–water partition coefficient (Wildman–Crippen LogP) is 4.53. The summed E-state index contributed by atoms with van der Waals surface area (Å²) in [6.45, 7) is 0. The molecule has 0 fully saturated rings. The van der Waals surface area contributed by atoms with E-state index in [0.717, 1.165) is 28.1 Å². The molecule has 27 heavy (non-hydrogen) atoms. The Morgan fingerprint density at radius 1 is 0.778 bits per heavy atom. The van der Waals surface area contributed by atoms with Gasteiger partial charge in [-0.3, -0.25) is 10.0 Å². The number of nitrogens with zero attached hydrogens (tertiary/aromatic N) is 1. The number of aromatic nitrogens is 2. The molecule has 0 radical (unpaired) electrons. The molecule has 4 aromatic rings. The average Bonchev–Trinajstić information content (AvgIpc) is 3.20. The Morgan fingerprint density at radius 3 is 1.96 bits per heavy atom. The van der Waals surface area contributed by atoms with E-state index in [1.807, 2.05) is 60.7 Å². The van der Waals surface area contributed by atoms with E-state index in [9.17, 15) is 4.79 Å². The number of hydroxylamine groups is 1. The summed E-state index contributed by atoms with van der Waals surface area (Å²) in [5, 5.41) is 8.75. The third kappa shape index (κ3) is 3.36. The van der Waals surface area contributed by atoms with Crippen molar-refractivity contribution in [2.75, 3.05) is 0 Å². The summed E-state index contributed by atoms with van der Waals surface area (Å²) in [6.07, 6.45) is 0. The molecule has 0 atom stereocenters. The topological polar surface area (TPSA) is 78.0 Å². The Balaban J connectivity index is 1.81. The number of nitrogens with one attached hydrogen (secondary N) is 2. The summed E-state index contributed by atoms with van der Waals surface area (Å²) in [5.41, 5.74) is 6.74. The predicted molar refractivity (Wildman–Crippen MR) is 104 cm³/mol. The summed E-state index contributed by atoms with van der Waals surface area (Å²) in [5.74, 6) is 0.166. The van der Waals surface area contributed by atoms with Crippen molar-refractivity contribution >= 4 is 5.91 Å². The van der Waals surface area contributed by atoms with Gasteiger partial charge in [-0.2, -0.15) is 0 Å². The van der Waals surface area contributed by atoms with E-state index in [1.165, 1.54) is 0 Å². The number of carbonyl (C=O) groups is 1. The highest BCUT2D eigenvalue weighted by molar-refractivity contribution is 5.93. The van der Waals surface area contributed by atoms with Gasteiger partial charge in [0, 0.05) is 22.3 Å². The molecular formula is C22H17N3O2. The Bertz CT molecular complexity index is 999. The van der Waals surface area contributed by atoms with Crippen LogP contribution in [0.1, 0.15) is 10.4 Å². The molecule has 0 unspecified atom stereocenters. The molecule has 132 valence electrons. The molecule has 0 saturated carbocycles. The van der Waals surface area contributed by atoms with Gasteiger partial charge in [0.1, 0.15) is 5.82 Å². The first-order valence-electron chi connectivity index (χ1n) is 8.52. The van der Waals surface area contributed by atoms with Crippen LogP contribution in [0, 0.1) is 0 Å². The van der Waals surface area contributed by atoms with Crippen LogP contribution in [-0.4, -0.2) is 21.1 Å². The van der Waals surface area contributed by atoms with Crippen LogP contribution in [-0.2, 0) is 0 Å². The average molecular weight is 355 g/mol. The van der Waals surface area contributed by atoms with Gasteiger partial charge < -0.3 is 4.98 Å². The van der Waals surface area contributed by atoms with Crippen molar-refractivity contribution in [1.82, 2.24) is 15.4 Å². The molecular weight excluding hydrogens is 338 g/mol. The van der Waals surface area contributed by atoms with Gasteiger partial charge in [0.2, 0.25) is 0 Å². The van der Waals surface area contributed by atoms with Gasteiger partial charge in [-0.25, -0.2) is 10.5 Å². The number of imidazole rings is 1. The first-order chi connectivity index (χ1) is 13.3. The molecule has 0 aliphatic heterocycles. The maximum absolute atomic E-state index is 11.5. The van der Waals surface area contributed by atoms with Crippen molar-refractivity contribution in [3.8, 4) is 33.9 Å². The molecule has 4 rings (SSSR count). The normalized spacial score (nSPS) is 10.6. The van der Waals surface area contributed by atoms with Crippen LogP contribution in [0.4, 0.5) is 0 Å². The highest BCUT2D eigenvalue weighted by Gasteiger charge is 2.15. The smallest absolute Gasteiger partial charge is 0.274 e. The molecule has 3 aromatic carbocycles. The highest BCUT2D eigenvalue weighted by Crippen LogP contribution is 2.32. The van der Waals surface area contributed by atoms with E-state index in [2.05, 4.69) is 4.98 Å². The molecule has 0 spiro atoms. The number of hydrogen-bond acceptors (Lipinski definition) is 3. The highest BCUT2D eigenvalue weighted by atomic mass is 16.5. The van der Waals surface area contributed by atoms with Gasteiger partial charge in [-0.05, 0) is 12.1 Å². The third-order valence-electron chi connectivity index (χ3n) is 4.34. The number of hydrogen-bond donors (Lipinski definition) is 3. The quantitative estimate of drug-likeness (QED) is 0.372. The van der Waals surface area contributed by atoms with Crippen molar-refractivity contribution in [1.29, 1.82) is 0 Å². The van der Waals surface area contributed by atoms with Gasteiger partial charge in [-0.1, -0.05) is 72.8 Å². The first-order valence-corrected chi connectivity index (χ1v) is 8.52. The van der Waals surface area contributed by atoms with Crippen molar-refractivity contribution in [2.24, 2.45) is 0 Å². The van der Waals surface area contributed by atoms with E-state index in [4.69, 9.17) is 10.2 Å². The second-order valence-corrected chi connectivity index (χ2v) is 6.06. The van der Waals surface area contributed by atoms with Crippen LogP contribution in [0.3, 0.4) is 0 Å². The fourth-order valence-corrected chi connectivity index (χ4v) is 2.97. The lowest BCUT2D eigenvalue weighted by molar-refractivity contribution is 0.0706. The fraction of sp³-hybridized carbons (Fsp3) is 0. The molecule has 1 amide bonds. The molecule has 0 aliphatic carbocycles. The van der Waals surface area contributed by atoms with E-state index in [0.29, 0.717) is 11.4 Å². The molecule has 0 bridgehead atoms. The molecule has 0 aliphatic rings. The van der Waals surface area contributed by atoms with E-state index < -0.39 is 5.91 Å². The van der Waals surface area contributed by atoms with E-state index >= 15 is 0 Å². The maximum Gasteiger partial charge on any atom is 0.274 e. The van der Waals surface area contributed by atoms with Gasteiger partial charge >= 0.3 is 0 Å². The van der Waals surface area contributed by atoms with Crippen LogP contribution in [0.25, 0.3) is 33.9 Å². The third-order valence-corrected chi connectivity index (χ3v) is 4.34. The number of benzene rings is 3. The number of carbonyl (C=O) groups excluding carboxylic acids is 1. The zero-order chi connectivity index (χ0) is 18.6. The second-order valence-electron chi connectivity index (χ2n) is 6.06. The van der Waals surface area contributed by atoms with Crippen LogP contribution in [0.5, 0.6) is 0 Å². The SMILES string of the molecule is O=C(NO)c1ccc(-c2nc(-c3ccccc3)c(-c3ccccc3)[nH]2)cc1. The van der Waals surface area contributed by atoms with E-state index in [1.54, 1.807) is 29.7 Å². The second kappa shape index (κ2) is 7.27. The molecule has 0 saturated heterocycles. The zero-order valence-electron chi connectivity index (χ0n) is 14.4. The number of aromatic amines is 1. The number of H-pyrrole nitrogens is 1. The van der Waals surface area contributed by atoms with Crippen LogP contribution in [0.15, 0.2) is 84.9 Å². The monoisotopic (exact) mass is 355 g/mol. The Labute approximate surface area is 156 Å². The lowest BCUT2D eigenvalue weighted by atomic mass is 10.1. The van der Waals surface area contributed by atoms with Crippen molar-refractivity contribution < 1.29 is 10.0 Å². The summed E-state index contributed by atoms with van der Waals surface area (Å²) < 4.78 is 0. The van der Waals surface area contributed by atoms with Crippen LogP contribution >= 0.6 is 0 Å². The van der Waals surface area contributed by atoms with Gasteiger partial charge in [0.15, 0.2) is 0 Å². The molecule has 5 nitrogen and oxygen atoms in total. The molecule has 5 heteroatoms. The Morgan fingerprint density at radius 2 is 1.37 bits per heavy atom.